The normalized spacial score (nSPS) is 9.69. The molecule has 0 bridgehead atoms. The molecular weight excluding hydrogens is 228 g/mol. The maximum absolute atomic E-state index is 11.2. The lowest BCUT2D eigenvalue weighted by atomic mass is 10.1. The Bertz CT molecular complexity index is 418. The van der Waals surface area contributed by atoms with Gasteiger partial charge in [-0.15, -0.1) is 0 Å². The van der Waals surface area contributed by atoms with Gasteiger partial charge in [-0.2, -0.15) is 0 Å². The lowest BCUT2D eigenvalue weighted by Crippen LogP contribution is -2.32. The molecule has 1 aromatic rings. The number of halogens is 1. The van der Waals surface area contributed by atoms with Gasteiger partial charge in [0.25, 0.3) is 0 Å². The second-order valence-corrected chi connectivity index (χ2v) is 3.71. The first-order chi connectivity index (χ1) is 7.52. The van der Waals surface area contributed by atoms with Crippen LogP contribution in [0.2, 0.25) is 5.02 Å². The van der Waals surface area contributed by atoms with Gasteiger partial charge in [0.05, 0.1) is 10.7 Å². The summed E-state index contributed by atoms with van der Waals surface area (Å²) < 4.78 is 0. The van der Waals surface area contributed by atoms with Crippen molar-refractivity contribution < 1.29 is 9.59 Å². The van der Waals surface area contributed by atoms with E-state index < -0.39 is 11.9 Å². The smallest absolute Gasteiger partial charge is 0.306 e. The van der Waals surface area contributed by atoms with Crippen molar-refractivity contribution in [2.75, 3.05) is 5.32 Å². The van der Waals surface area contributed by atoms with Crippen LogP contribution < -0.4 is 10.6 Å². The summed E-state index contributed by atoms with van der Waals surface area (Å²) in [5.74, 6) is -0.418. The van der Waals surface area contributed by atoms with Crippen LogP contribution in [0, 0.1) is 0 Å². The van der Waals surface area contributed by atoms with Crippen molar-refractivity contribution in [1.29, 1.82) is 0 Å². The standard InChI is InChI=1S/C11H13ClN2O2/c1-3-8-4-5-10(9(12)6-8)14-11(16)13-7(2)15/h4-6H,3H2,1-2H3,(H2,13,14,15,16). The van der Waals surface area contributed by atoms with Crippen molar-refractivity contribution in [3.05, 3.63) is 28.8 Å². The molecule has 3 amide bonds. The minimum absolute atomic E-state index is 0.418. The summed E-state index contributed by atoms with van der Waals surface area (Å²) in [6.45, 7) is 3.28. The fourth-order valence-electron chi connectivity index (χ4n) is 1.19. The van der Waals surface area contributed by atoms with Gasteiger partial charge in [0.15, 0.2) is 0 Å². The SMILES string of the molecule is CCc1ccc(NC(=O)NC(C)=O)c(Cl)c1. The van der Waals surface area contributed by atoms with E-state index in [2.05, 4.69) is 10.6 Å². The van der Waals surface area contributed by atoms with Crippen LogP contribution in [0.15, 0.2) is 18.2 Å². The molecule has 0 saturated heterocycles. The highest BCUT2D eigenvalue weighted by atomic mass is 35.5. The molecule has 0 unspecified atom stereocenters. The number of aryl methyl sites for hydroxylation is 1. The van der Waals surface area contributed by atoms with E-state index in [1.165, 1.54) is 6.92 Å². The molecule has 5 heteroatoms. The Hall–Kier alpha value is -1.55. The number of amides is 3. The Kier molecular flexibility index (Phi) is 4.31. The van der Waals surface area contributed by atoms with Crippen LogP contribution in [0.25, 0.3) is 0 Å². The molecule has 1 aromatic carbocycles. The zero-order valence-electron chi connectivity index (χ0n) is 9.13. The quantitative estimate of drug-likeness (QED) is 0.835. The average Bonchev–Trinajstić information content (AvgIpc) is 2.19. The first kappa shape index (κ1) is 12.5. The molecule has 0 aliphatic heterocycles. The first-order valence-electron chi connectivity index (χ1n) is 4.90. The molecular formula is C11H13ClN2O2. The lowest BCUT2D eigenvalue weighted by molar-refractivity contribution is -0.117. The third-order valence-corrected chi connectivity index (χ3v) is 2.29. The van der Waals surface area contributed by atoms with Gasteiger partial charge in [0.1, 0.15) is 0 Å². The van der Waals surface area contributed by atoms with E-state index in [1.54, 1.807) is 12.1 Å². The van der Waals surface area contributed by atoms with Crippen LogP contribution in [-0.2, 0) is 11.2 Å². The van der Waals surface area contributed by atoms with Crippen molar-refractivity contribution in [2.24, 2.45) is 0 Å². The highest BCUT2D eigenvalue weighted by Gasteiger charge is 2.06. The zero-order valence-corrected chi connectivity index (χ0v) is 9.89. The summed E-state index contributed by atoms with van der Waals surface area (Å²) in [5.41, 5.74) is 1.57. The van der Waals surface area contributed by atoms with E-state index in [-0.39, 0.29) is 0 Å². The molecule has 16 heavy (non-hydrogen) atoms. The molecule has 0 aliphatic carbocycles. The highest BCUT2D eigenvalue weighted by molar-refractivity contribution is 6.33. The Labute approximate surface area is 99.0 Å². The molecule has 86 valence electrons. The van der Waals surface area contributed by atoms with Crippen molar-refractivity contribution in [2.45, 2.75) is 20.3 Å². The van der Waals surface area contributed by atoms with Crippen LogP contribution in [0.3, 0.4) is 0 Å². The number of carbonyl (C=O) groups is 2. The fourth-order valence-corrected chi connectivity index (χ4v) is 1.44. The minimum Gasteiger partial charge on any atom is -0.306 e. The molecule has 0 radical (unpaired) electrons. The lowest BCUT2D eigenvalue weighted by Gasteiger charge is -2.08. The summed E-state index contributed by atoms with van der Waals surface area (Å²) in [6.07, 6.45) is 0.875. The number of benzene rings is 1. The van der Waals surface area contributed by atoms with Crippen LogP contribution in [0.1, 0.15) is 19.4 Å². The van der Waals surface area contributed by atoms with E-state index in [9.17, 15) is 9.59 Å². The predicted octanol–water partition coefficient (Wildman–Crippen LogP) is 2.57. The van der Waals surface area contributed by atoms with E-state index >= 15 is 0 Å². The molecule has 0 fully saturated rings. The first-order valence-corrected chi connectivity index (χ1v) is 5.27. The molecule has 4 nitrogen and oxygen atoms in total. The Morgan fingerprint density at radius 3 is 2.56 bits per heavy atom. The predicted molar refractivity (Wildman–Crippen MR) is 63.7 cm³/mol. The number of rotatable bonds is 2. The highest BCUT2D eigenvalue weighted by Crippen LogP contribution is 2.23. The third kappa shape index (κ3) is 3.55. The largest absolute Gasteiger partial charge is 0.325 e. The molecule has 0 atom stereocenters. The van der Waals surface area contributed by atoms with Crippen LogP contribution >= 0.6 is 11.6 Å². The number of anilines is 1. The zero-order chi connectivity index (χ0) is 12.1. The van der Waals surface area contributed by atoms with Crippen LogP contribution in [0.5, 0.6) is 0 Å². The van der Waals surface area contributed by atoms with Gasteiger partial charge in [-0.05, 0) is 24.1 Å². The number of imide groups is 1. The molecule has 0 spiro atoms. The van der Waals surface area contributed by atoms with Crippen molar-refractivity contribution in [3.63, 3.8) is 0 Å². The average molecular weight is 241 g/mol. The van der Waals surface area contributed by atoms with E-state index in [4.69, 9.17) is 11.6 Å². The fraction of sp³-hybridized carbons (Fsp3) is 0.273. The Morgan fingerprint density at radius 1 is 1.38 bits per heavy atom. The summed E-state index contributed by atoms with van der Waals surface area (Å²) >= 11 is 5.96. The molecule has 2 N–H and O–H groups in total. The van der Waals surface area contributed by atoms with Gasteiger partial charge >= 0.3 is 6.03 Å². The van der Waals surface area contributed by atoms with Crippen molar-refractivity contribution >= 4 is 29.2 Å². The number of nitrogens with one attached hydrogen (secondary N) is 2. The maximum atomic E-state index is 11.2. The van der Waals surface area contributed by atoms with Gasteiger partial charge in [-0.25, -0.2) is 4.79 Å². The summed E-state index contributed by atoms with van der Waals surface area (Å²) in [4.78, 5) is 21.9. The van der Waals surface area contributed by atoms with E-state index in [1.807, 2.05) is 13.0 Å². The monoisotopic (exact) mass is 240 g/mol. The van der Waals surface area contributed by atoms with Crippen LogP contribution in [0.4, 0.5) is 10.5 Å². The van der Waals surface area contributed by atoms with Crippen LogP contribution in [-0.4, -0.2) is 11.9 Å². The van der Waals surface area contributed by atoms with E-state index in [0.717, 1.165) is 12.0 Å². The van der Waals surface area contributed by atoms with Crippen molar-refractivity contribution in [1.82, 2.24) is 5.32 Å². The van der Waals surface area contributed by atoms with Crippen molar-refractivity contribution in [3.8, 4) is 0 Å². The summed E-state index contributed by atoms with van der Waals surface area (Å²) in [7, 11) is 0. The van der Waals surface area contributed by atoms with E-state index in [0.29, 0.717) is 10.7 Å². The van der Waals surface area contributed by atoms with Gasteiger partial charge in [0.2, 0.25) is 5.91 Å². The molecule has 0 aliphatic rings. The molecule has 0 saturated carbocycles. The number of carbonyl (C=O) groups excluding carboxylic acids is 2. The number of urea groups is 1. The Balaban J connectivity index is 2.74. The molecule has 0 aromatic heterocycles. The summed E-state index contributed by atoms with van der Waals surface area (Å²) in [6, 6.07) is 4.78. The minimum atomic E-state index is -0.585. The third-order valence-electron chi connectivity index (χ3n) is 1.98. The number of hydrogen-bond donors (Lipinski definition) is 2. The van der Waals surface area contributed by atoms with Gasteiger partial charge in [0, 0.05) is 6.92 Å². The molecule has 0 heterocycles. The number of hydrogen-bond acceptors (Lipinski definition) is 2. The second-order valence-electron chi connectivity index (χ2n) is 3.30. The maximum Gasteiger partial charge on any atom is 0.325 e. The van der Waals surface area contributed by atoms with Gasteiger partial charge in [-0.1, -0.05) is 24.6 Å². The molecule has 1 rings (SSSR count). The van der Waals surface area contributed by atoms with Gasteiger partial charge < -0.3 is 5.32 Å². The summed E-state index contributed by atoms with van der Waals surface area (Å²) in [5, 5.41) is 5.05. The van der Waals surface area contributed by atoms with Gasteiger partial charge in [-0.3, -0.25) is 10.1 Å². The second kappa shape index (κ2) is 5.51. The topological polar surface area (TPSA) is 58.2 Å². The Morgan fingerprint density at radius 2 is 2.06 bits per heavy atom.